The zero-order valence-electron chi connectivity index (χ0n) is 25.0. The highest BCUT2D eigenvalue weighted by Crippen LogP contribution is 2.33. The molecule has 6 rings (SSSR count). The number of carbonyl (C=O) groups excluding carboxylic acids is 4. The predicted octanol–water partition coefficient (Wildman–Crippen LogP) is 7.45. The van der Waals surface area contributed by atoms with Crippen LogP contribution in [0.25, 0.3) is 0 Å². The summed E-state index contributed by atoms with van der Waals surface area (Å²) in [6.45, 7) is 5.39. The van der Waals surface area contributed by atoms with Gasteiger partial charge in [0.2, 0.25) is 0 Å². The Morgan fingerprint density at radius 1 is 0.511 bits per heavy atom. The van der Waals surface area contributed by atoms with Crippen LogP contribution in [0, 0.1) is 0 Å². The van der Waals surface area contributed by atoms with Crippen LogP contribution in [0.2, 0.25) is 0 Å². The first-order chi connectivity index (χ1) is 21.7. The molecule has 0 radical (unpaired) electrons. The number of imide groups is 2. The molecule has 4 aromatic rings. The van der Waals surface area contributed by atoms with E-state index in [4.69, 9.17) is 9.47 Å². The van der Waals surface area contributed by atoms with E-state index in [9.17, 15) is 19.2 Å². The Morgan fingerprint density at radius 2 is 0.822 bits per heavy atom. The molecular weight excluding hydrogens is 568 g/mol. The van der Waals surface area contributed by atoms with E-state index in [-0.39, 0.29) is 29.5 Å². The summed E-state index contributed by atoms with van der Waals surface area (Å²) in [5, 5.41) is 0. The van der Waals surface area contributed by atoms with Gasteiger partial charge in [-0.3, -0.25) is 19.2 Å². The smallest absolute Gasteiger partial charge is 0.261 e. The summed E-state index contributed by atoms with van der Waals surface area (Å²) in [6.07, 6.45) is 3.57. The van der Waals surface area contributed by atoms with Crippen LogP contribution in [0.1, 0.15) is 44.2 Å². The Bertz CT molecular complexity index is 1720. The Balaban J connectivity index is 1.07. The third kappa shape index (κ3) is 5.90. The van der Waals surface area contributed by atoms with E-state index in [0.29, 0.717) is 45.5 Å². The van der Waals surface area contributed by atoms with Crippen molar-refractivity contribution in [1.29, 1.82) is 0 Å². The molecule has 0 aromatic heterocycles. The maximum Gasteiger partial charge on any atom is 0.261 e. The van der Waals surface area contributed by atoms with E-state index in [1.165, 1.54) is 12.2 Å². The van der Waals surface area contributed by atoms with Crippen LogP contribution >= 0.6 is 0 Å². The molecule has 8 nitrogen and oxygen atoms in total. The second-order valence-corrected chi connectivity index (χ2v) is 10.9. The SMILES string of the molecule is CCC(c1ccc(Oc2ccc(N3C(=O)C=C(C)C3=O)cc2)cc1)c1ccc(Oc2ccc(N3C(=O)C=C(C)C3=O)cc2)cc1. The monoisotopic (exact) mass is 598 g/mol. The minimum atomic E-state index is -0.343. The highest BCUT2D eigenvalue weighted by Gasteiger charge is 2.30. The van der Waals surface area contributed by atoms with Crippen molar-refractivity contribution < 1.29 is 28.7 Å². The third-order valence-corrected chi connectivity index (χ3v) is 7.84. The summed E-state index contributed by atoms with van der Waals surface area (Å²) in [5.74, 6) is 1.40. The largest absolute Gasteiger partial charge is 0.457 e. The molecule has 0 bridgehead atoms. The van der Waals surface area contributed by atoms with E-state index in [1.807, 2.05) is 48.5 Å². The van der Waals surface area contributed by atoms with Gasteiger partial charge in [-0.25, -0.2) is 9.80 Å². The summed E-state index contributed by atoms with van der Waals surface area (Å²) < 4.78 is 12.0. The second-order valence-electron chi connectivity index (χ2n) is 10.9. The molecule has 8 heteroatoms. The maximum absolute atomic E-state index is 12.2. The lowest BCUT2D eigenvalue weighted by molar-refractivity contribution is -0.121. The molecule has 224 valence electrons. The van der Waals surface area contributed by atoms with Crippen molar-refractivity contribution >= 4 is 35.0 Å². The molecule has 2 aliphatic rings. The van der Waals surface area contributed by atoms with Gasteiger partial charge in [0.05, 0.1) is 11.4 Å². The average molecular weight is 599 g/mol. The molecule has 2 heterocycles. The normalized spacial score (nSPS) is 14.8. The van der Waals surface area contributed by atoms with E-state index in [2.05, 4.69) is 6.92 Å². The van der Waals surface area contributed by atoms with Crippen LogP contribution in [-0.4, -0.2) is 23.6 Å². The van der Waals surface area contributed by atoms with Crippen molar-refractivity contribution in [3.05, 3.63) is 131 Å². The number of nitrogens with zero attached hydrogens (tertiary/aromatic N) is 2. The van der Waals surface area contributed by atoms with Crippen LogP contribution in [-0.2, 0) is 19.2 Å². The van der Waals surface area contributed by atoms with Gasteiger partial charge in [-0.05, 0) is 104 Å². The fraction of sp³-hybridized carbons (Fsp3) is 0.135. The third-order valence-electron chi connectivity index (χ3n) is 7.84. The van der Waals surface area contributed by atoms with Crippen molar-refractivity contribution in [2.24, 2.45) is 0 Å². The molecule has 0 saturated heterocycles. The zero-order valence-corrected chi connectivity index (χ0v) is 25.0. The van der Waals surface area contributed by atoms with Crippen molar-refractivity contribution in [3.8, 4) is 23.0 Å². The molecule has 0 atom stereocenters. The van der Waals surface area contributed by atoms with Crippen LogP contribution in [0.5, 0.6) is 23.0 Å². The molecule has 0 fully saturated rings. The van der Waals surface area contributed by atoms with Crippen molar-refractivity contribution in [1.82, 2.24) is 0 Å². The Kier molecular flexibility index (Phi) is 7.87. The number of hydrogen-bond donors (Lipinski definition) is 0. The molecule has 0 saturated carbocycles. The minimum absolute atomic E-state index is 0.173. The predicted molar refractivity (Wildman–Crippen MR) is 171 cm³/mol. The number of hydrogen-bond acceptors (Lipinski definition) is 6. The van der Waals surface area contributed by atoms with Crippen LogP contribution in [0.15, 0.2) is 120 Å². The molecule has 0 unspecified atom stereocenters. The van der Waals surface area contributed by atoms with Crippen LogP contribution in [0.3, 0.4) is 0 Å². The molecule has 0 spiro atoms. The van der Waals surface area contributed by atoms with Crippen molar-refractivity contribution in [2.75, 3.05) is 9.80 Å². The molecule has 4 amide bonds. The molecule has 2 aliphatic heterocycles. The van der Waals surface area contributed by atoms with Gasteiger partial charge in [0.25, 0.3) is 23.6 Å². The first-order valence-corrected chi connectivity index (χ1v) is 14.6. The van der Waals surface area contributed by atoms with Gasteiger partial charge in [-0.15, -0.1) is 0 Å². The Morgan fingerprint density at radius 3 is 1.09 bits per heavy atom. The summed E-state index contributed by atoms with van der Waals surface area (Å²) in [7, 11) is 0. The first-order valence-electron chi connectivity index (χ1n) is 14.6. The molecule has 0 N–H and O–H groups in total. The van der Waals surface area contributed by atoms with Crippen molar-refractivity contribution in [2.45, 2.75) is 33.1 Å². The number of benzene rings is 4. The Labute approximate surface area is 260 Å². The first kappa shape index (κ1) is 29.3. The lowest BCUT2D eigenvalue weighted by atomic mass is 9.89. The summed E-state index contributed by atoms with van der Waals surface area (Å²) >= 11 is 0. The van der Waals surface area contributed by atoms with Gasteiger partial charge in [0.15, 0.2) is 0 Å². The highest BCUT2D eigenvalue weighted by atomic mass is 16.5. The van der Waals surface area contributed by atoms with Gasteiger partial charge in [-0.1, -0.05) is 31.2 Å². The topological polar surface area (TPSA) is 93.2 Å². The number of rotatable bonds is 9. The number of carbonyl (C=O) groups is 4. The van der Waals surface area contributed by atoms with Gasteiger partial charge >= 0.3 is 0 Å². The highest BCUT2D eigenvalue weighted by molar-refractivity contribution is 6.31. The lowest BCUT2D eigenvalue weighted by Gasteiger charge is -2.18. The number of ether oxygens (including phenoxy) is 2. The summed E-state index contributed by atoms with van der Waals surface area (Å²) in [4.78, 5) is 51.0. The molecule has 0 aliphatic carbocycles. The standard InChI is InChI=1S/C37H30N2O6/c1-4-33(25-5-13-29(14-6-25)44-31-17-9-27(10-18-31)38-34(40)21-23(2)36(38)42)26-7-15-30(16-8-26)45-32-19-11-28(12-20-32)39-35(41)22-24(3)37(39)43/h5-22,33H,4H2,1-3H3. The maximum atomic E-state index is 12.2. The quantitative estimate of drug-likeness (QED) is 0.186. The Hall–Kier alpha value is -5.76. The van der Waals surface area contributed by atoms with E-state index >= 15 is 0 Å². The minimum Gasteiger partial charge on any atom is -0.457 e. The molecule has 45 heavy (non-hydrogen) atoms. The lowest BCUT2D eigenvalue weighted by Crippen LogP contribution is -2.30. The fourth-order valence-electron chi connectivity index (χ4n) is 5.46. The van der Waals surface area contributed by atoms with Crippen LogP contribution in [0.4, 0.5) is 11.4 Å². The van der Waals surface area contributed by atoms with Gasteiger partial charge < -0.3 is 9.47 Å². The van der Waals surface area contributed by atoms with Gasteiger partial charge in [-0.2, -0.15) is 0 Å². The zero-order chi connectivity index (χ0) is 31.7. The van der Waals surface area contributed by atoms with Gasteiger partial charge in [0.1, 0.15) is 23.0 Å². The number of anilines is 2. The van der Waals surface area contributed by atoms with E-state index < -0.39 is 0 Å². The van der Waals surface area contributed by atoms with E-state index in [1.54, 1.807) is 62.4 Å². The summed E-state index contributed by atoms with van der Waals surface area (Å²) in [6, 6.07) is 29.6. The second kappa shape index (κ2) is 12.1. The fourth-order valence-corrected chi connectivity index (χ4v) is 5.46. The molecular formula is C37H30N2O6. The number of amides is 4. The van der Waals surface area contributed by atoms with E-state index in [0.717, 1.165) is 27.3 Å². The van der Waals surface area contributed by atoms with Crippen molar-refractivity contribution in [3.63, 3.8) is 0 Å². The molecule has 4 aromatic carbocycles. The average Bonchev–Trinajstić information content (AvgIpc) is 3.45. The summed E-state index contributed by atoms with van der Waals surface area (Å²) in [5.41, 5.74) is 4.14. The van der Waals surface area contributed by atoms with Crippen LogP contribution < -0.4 is 19.3 Å². The van der Waals surface area contributed by atoms with Gasteiger partial charge in [0, 0.05) is 29.2 Å².